The summed E-state index contributed by atoms with van der Waals surface area (Å²) in [5.41, 5.74) is 7.12. The Bertz CT molecular complexity index is 624. The molecule has 2 rings (SSSR count). The number of benzene rings is 2. The Morgan fingerprint density at radius 1 is 1.14 bits per heavy atom. The SMILES string of the molecule is CCCCc1ccc(Oc2cc(N)cc([N+](=O)[O-])c2)cc1. The molecule has 0 amide bonds. The molecule has 2 aromatic rings. The van der Waals surface area contributed by atoms with Crippen LogP contribution in [0.4, 0.5) is 11.4 Å². The Balaban J connectivity index is 2.12. The Labute approximate surface area is 123 Å². The number of nitrogens with zero attached hydrogens (tertiary/aromatic N) is 1. The Kier molecular flexibility index (Phi) is 4.77. The minimum atomic E-state index is -0.489. The summed E-state index contributed by atoms with van der Waals surface area (Å²) in [6, 6.07) is 12.0. The van der Waals surface area contributed by atoms with Crippen LogP contribution in [0.1, 0.15) is 25.3 Å². The second kappa shape index (κ2) is 6.74. The van der Waals surface area contributed by atoms with E-state index >= 15 is 0 Å². The summed E-state index contributed by atoms with van der Waals surface area (Å²) in [6.45, 7) is 2.16. The van der Waals surface area contributed by atoms with Gasteiger partial charge in [0.25, 0.3) is 5.69 Å². The normalized spacial score (nSPS) is 10.3. The summed E-state index contributed by atoms with van der Waals surface area (Å²) >= 11 is 0. The van der Waals surface area contributed by atoms with Crippen molar-refractivity contribution in [3.8, 4) is 11.5 Å². The van der Waals surface area contributed by atoms with Crippen LogP contribution in [-0.2, 0) is 6.42 Å². The fourth-order valence-corrected chi connectivity index (χ4v) is 2.01. The van der Waals surface area contributed by atoms with Gasteiger partial charge in [0, 0.05) is 17.8 Å². The largest absolute Gasteiger partial charge is 0.457 e. The third kappa shape index (κ3) is 4.21. The van der Waals surface area contributed by atoms with E-state index in [0.29, 0.717) is 17.2 Å². The van der Waals surface area contributed by atoms with Crippen molar-refractivity contribution in [1.82, 2.24) is 0 Å². The molecule has 2 aromatic carbocycles. The molecule has 5 nitrogen and oxygen atoms in total. The predicted molar refractivity (Wildman–Crippen MR) is 82.6 cm³/mol. The topological polar surface area (TPSA) is 78.4 Å². The number of ether oxygens (including phenoxy) is 1. The molecule has 0 aliphatic carbocycles. The first-order chi connectivity index (χ1) is 10.1. The van der Waals surface area contributed by atoms with Crippen molar-refractivity contribution in [3.63, 3.8) is 0 Å². The van der Waals surface area contributed by atoms with Gasteiger partial charge in [-0.1, -0.05) is 25.5 Å². The van der Waals surface area contributed by atoms with Crippen LogP contribution in [0.3, 0.4) is 0 Å². The summed E-state index contributed by atoms with van der Waals surface area (Å²) in [4.78, 5) is 10.3. The average Bonchev–Trinajstić information content (AvgIpc) is 2.46. The van der Waals surface area contributed by atoms with E-state index in [1.54, 1.807) is 6.07 Å². The molecule has 0 heterocycles. The average molecular weight is 286 g/mol. The molecule has 0 bridgehead atoms. The molecule has 0 aliphatic heterocycles. The van der Waals surface area contributed by atoms with E-state index in [1.165, 1.54) is 17.7 Å². The van der Waals surface area contributed by atoms with Gasteiger partial charge in [-0.3, -0.25) is 10.1 Å². The van der Waals surface area contributed by atoms with E-state index in [-0.39, 0.29) is 5.69 Å². The molecule has 110 valence electrons. The van der Waals surface area contributed by atoms with Crippen LogP contribution in [0.2, 0.25) is 0 Å². The van der Waals surface area contributed by atoms with Gasteiger partial charge in [0.05, 0.1) is 11.0 Å². The lowest BCUT2D eigenvalue weighted by molar-refractivity contribution is -0.384. The molecule has 0 radical (unpaired) electrons. The summed E-state index contributed by atoms with van der Waals surface area (Å²) in [5.74, 6) is 0.998. The van der Waals surface area contributed by atoms with E-state index in [4.69, 9.17) is 10.5 Å². The molecule has 0 spiro atoms. The number of rotatable bonds is 6. The van der Waals surface area contributed by atoms with Crippen molar-refractivity contribution >= 4 is 11.4 Å². The van der Waals surface area contributed by atoms with Crippen molar-refractivity contribution in [2.24, 2.45) is 0 Å². The number of unbranched alkanes of at least 4 members (excludes halogenated alkanes) is 1. The molecule has 0 saturated heterocycles. The summed E-state index contributed by atoms with van der Waals surface area (Å²) < 4.78 is 5.63. The highest BCUT2D eigenvalue weighted by atomic mass is 16.6. The van der Waals surface area contributed by atoms with E-state index in [0.717, 1.165) is 19.3 Å². The quantitative estimate of drug-likeness (QED) is 0.487. The number of nitro benzene ring substituents is 1. The highest BCUT2D eigenvalue weighted by Gasteiger charge is 2.09. The number of hydrogen-bond acceptors (Lipinski definition) is 4. The smallest absolute Gasteiger partial charge is 0.275 e. The second-order valence-electron chi connectivity index (χ2n) is 4.87. The number of aryl methyl sites for hydroxylation is 1. The Morgan fingerprint density at radius 2 is 1.86 bits per heavy atom. The molecule has 0 aliphatic rings. The summed E-state index contributed by atoms with van der Waals surface area (Å²) in [5, 5.41) is 10.8. The van der Waals surface area contributed by atoms with Gasteiger partial charge in [0.15, 0.2) is 0 Å². The van der Waals surface area contributed by atoms with Gasteiger partial charge in [-0.25, -0.2) is 0 Å². The van der Waals surface area contributed by atoms with Crippen LogP contribution in [0.5, 0.6) is 11.5 Å². The van der Waals surface area contributed by atoms with Gasteiger partial charge < -0.3 is 10.5 Å². The first kappa shape index (κ1) is 14.8. The van der Waals surface area contributed by atoms with E-state index in [9.17, 15) is 10.1 Å². The van der Waals surface area contributed by atoms with Crippen LogP contribution in [-0.4, -0.2) is 4.92 Å². The molecule has 0 aromatic heterocycles. The van der Waals surface area contributed by atoms with Crippen molar-refractivity contribution in [2.75, 3.05) is 5.73 Å². The van der Waals surface area contributed by atoms with Crippen LogP contribution in [0.25, 0.3) is 0 Å². The van der Waals surface area contributed by atoms with E-state index in [2.05, 4.69) is 6.92 Å². The van der Waals surface area contributed by atoms with Gasteiger partial charge in [0.1, 0.15) is 11.5 Å². The molecule has 0 atom stereocenters. The Morgan fingerprint density at radius 3 is 2.48 bits per heavy atom. The monoisotopic (exact) mass is 286 g/mol. The van der Waals surface area contributed by atoms with Crippen molar-refractivity contribution in [1.29, 1.82) is 0 Å². The number of nitrogens with two attached hydrogens (primary N) is 1. The molecule has 21 heavy (non-hydrogen) atoms. The van der Waals surface area contributed by atoms with Crippen molar-refractivity contribution in [3.05, 3.63) is 58.1 Å². The second-order valence-corrected chi connectivity index (χ2v) is 4.87. The van der Waals surface area contributed by atoms with Gasteiger partial charge in [-0.05, 0) is 30.5 Å². The fraction of sp³-hybridized carbons (Fsp3) is 0.250. The van der Waals surface area contributed by atoms with Crippen LogP contribution < -0.4 is 10.5 Å². The molecule has 0 unspecified atom stereocenters. The first-order valence-corrected chi connectivity index (χ1v) is 6.90. The van der Waals surface area contributed by atoms with Crippen molar-refractivity contribution in [2.45, 2.75) is 26.2 Å². The molecule has 0 saturated carbocycles. The molecule has 2 N–H and O–H groups in total. The zero-order valence-electron chi connectivity index (χ0n) is 11.9. The van der Waals surface area contributed by atoms with Gasteiger partial charge in [-0.2, -0.15) is 0 Å². The zero-order valence-corrected chi connectivity index (χ0v) is 11.9. The zero-order chi connectivity index (χ0) is 15.2. The standard InChI is InChI=1S/C16H18N2O3/c1-2-3-4-12-5-7-15(8-6-12)21-16-10-13(17)9-14(11-16)18(19)20/h5-11H,2-4,17H2,1H3. The number of non-ortho nitro benzene ring substituents is 1. The van der Waals surface area contributed by atoms with E-state index < -0.39 is 4.92 Å². The number of anilines is 1. The first-order valence-electron chi connectivity index (χ1n) is 6.90. The molecular formula is C16H18N2O3. The van der Waals surface area contributed by atoms with Crippen molar-refractivity contribution < 1.29 is 9.66 Å². The third-order valence-corrected chi connectivity index (χ3v) is 3.10. The lowest BCUT2D eigenvalue weighted by atomic mass is 10.1. The highest BCUT2D eigenvalue weighted by Crippen LogP contribution is 2.28. The maximum atomic E-state index is 10.8. The minimum Gasteiger partial charge on any atom is -0.457 e. The number of hydrogen-bond donors (Lipinski definition) is 1. The van der Waals surface area contributed by atoms with E-state index in [1.807, 2.05) is 24.3 Å². The van der Waals surface area contributed by atoms with Crippen LogP contribution in [0.15, 0.2) is 42.5 Å². The molecular weight excluding hydrogens is 268 g/mol. The molecule has 0 fully saturated rings. The number of nitrogen functional groups attached to an aromatic ring is 1. The predicted octanol–water partition coefficient (Wildman–Crippen LogP) is 4.31. The lowest BCUT2D eigenvalue weighted by Gasteiger charge is -2.07. The van der Waals surface area contributed by atoms with Crippen LogP contribution in [0, 0.1) is 10.1 Å². The Hall–Kier alpha value is -2.56. The van der Waals surface area contributed by atoms with Gasteiger partial charge in [0.2, 0.25) is 0 Å². The minimum absolute atomic E-state index is 0.0791. The highest BCUT2D eigenvalue weighted by molar-refractivity contribution is 5.54. The summed E-state index contributed by atoms with van der Waals surface area (Å²) in [6.07, 6.45) is 3.35. The third-order valence-electron chi connectivity index (χ3n) is 3.10. The maximum Gasteiger partial charge on any atom is 0.275 e. The maximum absolute atomic E-state index is 10.8. The van der Waals surface area contributed by atoms with Gasteiger partial charge >= 0.3 is 0 Å². The molecule has 5 heteroatoms. The van der Waals surface area contributed by atoms with Gasteiger partial charge in [-0.15, -0.1) is 0 Å². The number of nitro groups is 1. The van der Waals surface area contributed by atoms with Crippen LogP contribution >= 0.6 is 0 Å². The fourth-order valence-electron chi connectivity index (χ4n) is 2.01. The lowest BCUT2D eigenvalue weighted by Crippen LogP contribution is -1.93. The summed E-state index contributed by atoms with van der Waals surface area (Å²) in [7, 11) is 0.